The summed E-state index contributed by atoms with van der Waals surface area (Å²) in [5.74, 6) is -4.94. The van der Waals surface area contributed by atoms with Crippen LogP contribution in [0.15, 0.2) is 18.5 Å². The number of nitrogens with zero attached hydrogens (tertiary/aromatic N) is 2. The lowest BCUT2D eigenvalue weighted by Gasteiger charge is -2.34. The van der Waals surface area contributed by atoms with E-state index in [9.17, 15) is 14.4 Å². The van der Waals surface area contributed by atoms with Gasteiger partial charge in [0.1, 0.15) is 0 Å². The second-order valence-electron chi connectivity index (χ2n) is 4.78. The highest BCUT2D eigenvalue weighted by atomic mass is 35.5. The van der Waals surface area contributed by atoms with E-state index in [-0.39, 0.29) is 30.1 Å². The number of aliphatic carboxylic acids is 2. The maximum atomic E-state index is 12.3. The second-order valence-corrected chi connectivity index (χ2v) is 5.19. The van der Waals surface area contributed by atoms with Gasteiger partial charge in [-0.1, -0.05) is 11.6 Å². The third kappa shape index (κ3) is 3.13. The van der Waals surface area contributed by atoms with Crippen molar-refractivity contribution in [2.75, 3.05) is 13.1 Å². The van der Waals surface area contributed by atoms with Gasteiger partial charge < -0.3 is 15.1 Å². The molecular formula is C13H13ClN2O5. The van der Waals surface area contributed by atoms with E-state index < -0.39 is 29.7 Å². The Morgan fingerprint density at radius 1 is 1.24 bits per heavy atom. The van der Waals surface area contributed by atoms with Crippen LogP contribution in [0.2, 0.25) is 5.02 Å². The molecule has 2 atom stereocenters. The van der Waals surface area contributed by atoms with Gasteiger partial charge >= 0.3 is 11.9 Å². The molecule has 7 nitrogen and oxygen atoms in total. The van der Waals surface area contributed by atoms with Crippen LogP contribution in [-0.2, 0) is 9.59 Å². The highest BCUT2D eigenvalue weighted by molar-refractivity contribution is 6.33. The number of piperidine rings is 1. The highest BCUT2D eigenvalue weighted by Gasteiger charge is 2.40. The van der Waals surface area contributed by atoms with Gasteiger partial charge in [-0.3, -0.25) is 19.4 Å². The molecule has 0 saturated carbocycles. The van der Waals surface area contributed by atoms with Gasteiger partial charge in [0, 0.05) is 25.5 Å². The van der Waals surface area contributed by atoms with Crippen molar-refractivity contribution in [2.45, 2.75) is 6.42 Å². The minimum absolute atomic E-state index is 0.0932. The topological polar surface area (TPSA) is 108 Å². The number of halogens is 1. The van der Waals surface area contributed by atoms with Crippen LogP contribution in [0.4, 0.5) is 0 Å². The number of pyridine rings is 1. The maximum absolute atomic E-state index is 12.3. The van der Waals surface area contributed by atoms with Crippen molar-refractivity contribution < 1.29 is 24.6 Å². The van der Waals surface area contributed by atoms with E-state index in [2.05, 4.69) is 4.98 Å². The van der Waals surface area contributed by atoms with E-state index in [1.165, 1.54) is 23.4 Å². The minimum atomic E-state index is -1.22. The number of hydrogen-bond acceptors (Lipinski definition) is 4. The quantitative estimate of drug-likeness (QED) is 0.861. The molecule has 2 heterocycles. The predicted octanol–water partition coefficient (Wildman–Crippen LogP) is 0.982. The molecular weight excluding hydrogens is 300 g/mol. The molecule has 1 fully saturated rings. The zero-order valence-electron chi connectivity index (χ0n) is 10.9. The molecule has 0 aromatic carbocycles. The summed E-state index contributed by atoms with van der Waals surface area (Å²) >= 11 is 5.92. The number of rotatable bonds is 3. The number of carboxylic acid groups (broad SMARTS) is 2. The summed E-state index contributed by atoms with van der Waals surface area (Å²) in [6, 6.07) is 1.47. The van der Waals surface area contributed by atoms with E-state index in [4.69, 9.17) is 21.8 Å². The molecule has 2 N–H and O–H groups in total. The standard InChI is InChI=1S/C13H13ClN2O5/c14-10-1-3-15-5-8(10)11(17)16-4-2-7(12(18)19)9(6-16)13(20)21/h1,3,5,7,9H,2,4,6H2,(H,18,19)(H,20,21). The molecule has 1 saturated heterocycles. The third-order valence-corrected chi connectivity index (χ3v) is 3.86. The second kappa shape index (κ2) is 6.09. The van der Waals surface area contributed by atoms with Crippen LogP contribution in [0.5, 0.6) is 0 Å². The fourth-order valence-corrected chi connectivity index (χ4v) is 2.57. The Hall–Kier alpha value is -2.15. The Labute approximate surface area is 125 Å². The van der Waals surface area contributed by atoms with Crippen molar-refractivity contribution in [3.63, 3.8) is 0 Å². The Balaban J connectivity index is 2.20. The number of carbonyl (C=O) groups is 3. The largest absolute Gasteiger partial charge is 0.481 e. The number of amides is 1. The van der Waals surface area contributed by atoms with Crippen LogP contribution in [0, 0.1) is 11.8 Å². The molecule has 1 amide bonds. The molecule has 2 unspecified atom stereocenters. The summed E-state index contributed by atoms with van der Waals surface area (Å²) in [6.07, 6.45) is 2.84. The molecule has 0 bridgehead atoms. The van der Waals surface area contributed by atoms with Crippen molar-refractivity contribution in [3.8, 4) is 0 Å². The van der Waals surface area contributed by atoms with E-state index in [0.717, 1.165) is 0 Å². The Kier molecular flexibility index (Phi) is 4.42. The summed E-state index contributed by atoms with van der Waals surface area (Å²) in [5.41, 5.74) is 0.178. The molecule has 2 rings (SSSR count). The van der Waals surface area contributed by atoms with Crippen LogP contribution >= 0.6 is 11.6 Å². The van der Waals surface area contributed by atoms with E-state index in [1.807, 2.05) is 0 Å². The molecule has 21 heavy (non-hydrogen) atoms. The van der Waals surface area contributed by atoms with Gasteiger partial charge in [-0.2, -0.15) is 0 Å². The SMILES string of the molecule is O=C(O)C1CCN(C(=O)c2cnccc2Cl)CC1C(=O)O. The van der Waals surface area contributed by atoms with Gasteiger partial charge in [0.05, 0.1) is 22.4 Å². The van der Waals surface area contributed by atoms with Crippen molar-refractivity contribution in [3.05, 3.63) is 29.0 Å². The van der Waals surface area contributed by atoms with Crippen LogP contribution in [0.25, 0.3) is 0 Å². The number of aromatic nitrogens is 1. The Morgan fingerprint density at radius 2 is 1.90 bits per heavy atom. The number of carboxylic acids is 2. The lowest BCUT2D eigenvalue weighted by atomic mass is 9.85. The first kappa shape index (κ1) is 15.2. The molecule has 1 aliphatic rings. The smallest absolute Gasteiger partial charge is 0.309 e. The summed E-state index contributed by atoms with van der Waals surface area (Å²) in [7, 11) is 0. The van der Waals surface area contributed by atoms with Gasteiger partial charge in [-0.15, -0.1) is 0 Å². The van der Waals surface area contributed by atoms with E-state index in [1.54, 1.807) is 0 Å². The maximum Gasteiger partial charge on any atom is 0.309 e. The molecule has 1 aromatic rings. The normalized spacial score (nSPS) is 21.9. The van der Waals surface area contributed by atoms with Crippen LogP contribution < -0.4 is 0 Å². The molecule has 1 aromatic heterocycles. The van der Waals surface area contributed by atoms with Gasteiger partial charge in [0.25, 0.3) is 5.91 Å². The van der Waals surface area contributed by atoms with Gasteiger partial charge in [0.2, 0.25) is 0 Å². The zero-order valence-corrected chi connectivity index (χ0v) is 11.7. The van der Waals surface area contributed by atoms with Crippen LogP contribution in [0.3, 0.4) is 0 Å². The van der Waals surface area contributed by atoms with Crippen molar-refractivity contribution >= 4 is 29.4 Å². The van der Waals surface area contributed by atoms with Crippen molar-refractivity contribution in [1.29, 1.82) is 0 Å². The van der Waals surface area contributed by atoms with Gasteiger partial charge in [-0.25, -0.2) is 0 Å². The Bertz CT molecular complexity index is 592. The zero-order chi connectivity index (χ0) is 15.6. The Morgan fingerprint density at radius 3 is 2.48 bits per heavy atom. The molecule has 0 spiro atoms. The number of carbonyl (C=O) groups excluding carboxylic acids is 1. The fraction of sp³-hybridized carbons (Fsp3) is 0.385. The van der Waals surface area contributed by atoms with Crippen LogP contribution in [-0.4, -0.2) is 51.0 Å². The first-order chi connectivity index (χ1) is 9.91. The summed E-state index contributed by atoms with van der Waals surface area (Å²) in [4.78, 5) is 39.7. The van der Waals surface area contributed by atoms with Gasteiger partial charge in [-0.05, 0) is 12.5 Å². The predicted molar refractivity (Wildman–Crippen MR) is 72.0 cm³/mol. The van der Waals surface area contributed by atoms with E-state index in [0.29, 0.717) is 0 Å². The minimum Gasteiger partial charge on any atom is -0.481 e. The summed E-state index contributed by atoms with van der Waals surface area (Å²) < 4.78 is 0. The summed E-state index contributed by atoms with van der Waals surface area (Å²) in [6.45, 7) is 0.0150. The highest BCUT2D eigenvalue weighted by Crippen LogP contribution is 2.26. The lowest BCUT2D eigenvalue weighted by molar-refractivity contribution is -0.156. The first-order valence-corrected chi connectivity index (χ1v) is 6.64. The third-order valence-electron chi connectivity index (χ3n) is 3.53. The fourth-order valence-electron chi connectivity index (χ4n) is 2.39. The number of hydrogen-bond donors (Lipinski definition) is 2. The average Bonchev–Trinajstić information content (AvgIpc) is 2.46. The first-order valence-electron chi connectivity index (χ1n) is 6.26. The van der Waals surface area contributed by atoms with Gasteiger partial charge in [0.15, 0.2) is 0 Å². The molecule has 8 heteroatoms. The summed E-state index contributed by atoms with van der Waals surface area (Å²) in [5, 5.41) is 18.4. The molecule has 0 aliphatic carbocycles. The average molecular weight is 313 g/mol. The molecule has 112 valence electrons. The lowest BCUT2D eigenvalue weighted by Crippen LogP contribution is -2.48. The van der Waals surface area contributed by atoms with Crippen LogP contribution in [0.1, 0.15) is 16.8 Å². The monoisotopic (exact) mass is 312 g/mol. The number of likely N-dealkylation sites (tertiary alicyclic amines) is 1. The van der Waals surface area contributed by atoms with E-state index >= 15 is 0 Å². The van der Waals surface area contributed by atoms with Crippen molar-refractivity contribution in [1.82, 2.24) is 9.88 Å². The molecule has 1 aliphatic heterocycles. The molecule has 0 radical (unpaired) electrons. The van der Waals surface area contributed by atoms with Crippen molar-refractivity contribution in [2.24, 2.45) is 11.8 Å².